The van der Waals surface area contributed by atoms with Gasteiger partial charge in [0.15, 0.2) is 17.3 Å². The average Bonchev–Trinajstić information content (AvgIpc) is 3.22. The fourth-order valence-corrected chi connectivity index (χ4v) is 3.91. The van der Waals surface area contributed by atoms with Gasteiger partial charge in [-0.25, -0.2) is 4.68 Å². The molecule has 0 fully saturated rings. The lowest BCUT2D eigenvalue weighted by molar-refractivity contribution is 0.104. The Kier molecular flexibility index (Phi) is 6.43. The Morgan fingerprint density at radius 3 is 2.41 bits per heavy atom. The van der Waals surface area contributed by atoms with E-state index in [0.717, 1.165) is 0 Å². The minimum atomic E-state index is -0.283. The number of ketones is 1. The van der Waals surface area contributed by atoms with Gasteiger partial charge < -0.3 is 19.2 Å². The van der Waals surface area contributed by atoms with Crippen LogP contribution in [-0.2, 0) is 0 Å². The summed E-state index contributed by atoms with van der Waals surface area (Å²) in [4.78, 5) is 27.9. The highest BCUT2D eigenvalue weighted by Crippen LogP contribution is 2.38. The van der Waals surface area contributed by atoms with E-state index in [0.29, 0.717) is 55.7 Å². The van der Waals surface area contributed by atoms with Crippen LogP contribution in [0.2, 0.25) is 5.02 Å². The first-order chi connectivity index (χ1) is 16.4. The number of aromatic nitrogens is 3. The molecule has 0 aliphatic rings. The van der Waals surface area contributed by atoms with E-state index in [-0.39, 0.29) is 11.3 Å². The van der Waals surface area contributed by atoms with Gasteiger partial charge in [0.05, 0.1) is 50.0 Å². The molecule has 8 nitrogen and oxygen atoms in total. The number of carbonyl (C=O) groups is 1. The highest BCUT2D eigenvalue weighted by atomic mass is 35.5. The number of H-pyrrole nitrogens is 1. The van der Waals surface area contributed by atoms with Gasteiger partial charge in [0.2, 0.25) is 5.75 Å². The van der Waals surface area contributed by atoms with Crippen LogP contribution < -0.4 is 19.8 Å². The average molecular weight is 480 g/mol. The standard InChI is InChI=1S/C25H22ClN3O5/c1-14-18(21(30)8-5-15-9-22(32-2)25(34-4)23(10-15)33-3)13-27-29(14)20-12-24(31)28-19-7-6-16(26)11-17(19)20/h5-13H,1-4H3,(H,28,31)/b8-5+. The minimum Gasteiger partial charge on any atom is -0.493 e. The number of halogens is 1. The van der Waals surface area contributed by atoms with E-state index >= 15 is 0 Å². The first-order valence-corrected chi connectivity index (χ1v) is 10.6. The number of ether oxygens (including phenoxy) is 3. The van der Waals surface area contributed by atoms with Gasteiger partial charge >= 0.3 is 0 Å². The molecule has 2 aromatic heterocycles. The van der Waals surface area contributed by atoms with Gasteiger partial charge in [-0.15, -0.1) is 0 Å². The molecule has 9 heteroatoms. The highest BCUT2D eigenvalue weighted by Gasteiger charge is 2.17. The van der Waals surface area contributed by atoms with Crippen LogP contribution in [0.25, 0.3) is 22.7 Å². The van der Waals surface area contributed by atoms with Crippen LogP contribution in [0.5, 0.6) is 17.2 Å². The normalized spacial score (nSPS) is 11.2. The molecule has 0 spiro atoms. The number of nitrogens with zero attached hydrogens (tertiary/aromatic N) is 2. The topological polar surface area (TPSA) is 95.4 Å². The Morgan fingerprint density at radius 1 is 1.06 bits per heavy atom. The zero-order valence-corrected chi connectivity index (χ0v) is 19.8. The maximum absolute atomic E-state index is 13.0. The highest BCUT2D eigenvalue weighted by molar-refractivity contribution is 6.31. The number of nitrogens with one attached hydrogen (secondary N) is 1. The third-order valence-electron chi connectivity index (χ3n) is 5.40. The van der Waals surface area contributed by atoms with Crippen LogP contribution in [0.1, 0.15) is 21.6 Å². The van der Waals surface area contributed by atoms with Crippen molar-refractivity contribution in [3.05, 3.63) is 80.9 Å². The number of rotatable bonds is 7. The van der Waals surface area contributed by atoms with Crippen molar-refractivity contribution in [2.75, 3.05) is 21.3 Å². The largest absolute Gasteiger partial charge is 0.493 e. The lowest BCUT2D eigenvalue weighted by atomic mass is 10.1. The first-order valence-electron chi connectivity index (χ1n) is 10.3. The molecule has 4 rings (SSSR count). The first kappa shape index (κ1) is 23.1. The van der Waals surface area contributed by atoms with Gasteiger partial charge in [-0.2, -0.15) is 5.10 Å². The van der Waals surface area contributed by atoms with E-state index in [1.165, 1.54) is 39.7 Å². The molecule has 0 radical (unpaired) electrons. The number of hydrogen-bond donors (Lipinski definition) is 1. The van der Waals surface area contributed by atoms with Crippen molar-refractivity contribution in [1.82, 2.24) is 14.8 Å². The molecule has 0 amide bonds. The zero-order valence-electron chi connectivity index (χ0n) is 19.0. The van der Waals surface area contributed by atoms with Crippen molar-refractivity contribution in [2.24, 2.45) is 0 Å². The van der Waals surface area contributed by atoms with Crippen LogP contribution in [0.3, 0.4) is 0 Å². The van der Waals surface area contributed by atoms with Gasteiger partial charge in [0.1, 0.15) is 0 Å². The molecule has 2 aromatic carbocycles. The van der Waals surface area contributed by atoms with E-state index in [4.69, 9.17) is 25.8 Å². The molecule has 0 saturated heterocycles. The predicted octanol–water partition coefficient (Wildman–Crippen LogP) is 4.60. The summed E-state index contributed by atoms with van der Waals surface area (Å²) >= 11 is 6.16. The van der Waals surface area contributed by atoms with Gasteiger partial charge in [0.25, 0.3) is 5.56 Å². The van der Waals surface area contributed by atoms with E-state index in [9.17, 15) is 9.59 Å². The molecular formula is C25H22ClN3O5. The Bertz CT molecular complexity index is 1460. The Balaban J connectivity index is 1.70. The van der Waals surface area contributed by atoms with Crippen LogP contribution in [-0.4, -0.2) is 41.9 Å². The third kappa shape index (κ3) is 4.27. The van der Waals surface area contributed by atoms with Crippen LogP contribution in [0.4, 0.5) is 0 Å². The second-order valence-electron chi connectivity index (χ2n) is 7.42. The predicted molar refractivity (Wildman–Crippen MR) is 131 cm³/mol. The molecule has 1 N–H and O–H groups in total. The fraction of sp³-hybridized carbons (Fsp3) is 0.160. The van der Waals surface area contributed by atoms with E-state index in [1.807, 2.05) is 0 Å². The molecule has 174 valence electrons. The number of pyridine rings is 1. The summed E-state index contributed by atoms with van der Waals surface area (Å²) in [7, 11) is 4.58. The summed E-state index contributed by atoms with van der Waals surface area (Å²) in [6, 6.07) is 10.1. The maximum Gasteiger partial charge on any atom is 0.250 e. The van der Waals surface area contributed by atoms with E-state index < -0.39 is 0 Å². The molecule has 4 aromatic rings. The number of allylic oxidation sites excluding steroid dienone is 1. The lowest BCUT2D eigenvalue weighted by Crippen LogP contribution is -2.10. The summed E-state index contributed by atoms with van der Waals surface area (Å²) in [5.74, 6) is 1.19. The molecule has 0 aliphatic carbocycles. The van der Waals surface area contributed by atoms with Crippen molar-refractivity contribution >= 4 is 34.4 Å². The Labute approximate surface area is 200 Å². The third-order valence-corrected chi connectivity index (χ3v) is 5.64. The van der Waals surface area contributed by atoms with E-state index in [1.54, 1.807) is 48.0 Å². The van der Waals surface area contributed by atoms with Gasteiger partial charge in [-0.3, -0.25) is 9.59 Å². The second kappa shape index (κ2) is 9.44. The maximum atomic E-state index is 13.0. The second-order valence-corrected chi connectivity index (χ2v) is 7.86. The number of carbonyl (C=O) groups excluding carboxylic acids is 1. The zero-order chi connectivity index (χ0) is 24.4. The molecule has 2 heterocycles. The molecule has 0 atom stereocenters. The van der Waals surface area contributed by atoms with Crippen molar-refractivity contribution in [1.29, 1.82) is 0 Å². The van der Waals surface area contributed by atoms with Gasteiger partial charge in [0, 0.05) is 16.5 Å². The lowest BCUT2D eigenvalue weighted by Gasteiger charge is -2.12. The van der Waals surface area contributed by atoms with Crippen LogP contribution in [0, 0.1) is 6.92 Å². The van der Waals surface area contributed by atoms with Crippen molar-refractivity contribution in [3.63, 3.8) is 0 Å². The molecule has 0 aliphatic heterocycles. The fourth-order valence-electron chi connectivity index (χ4n) is 3.74. The summed E-state index contributed by atoms with van der Waals surface area (Å²) < 4.78 is 17.6. The summed E-state index contributed by atoms with van der Waals surface area (Å²) in [5, 5.41) is 5.61. The molecule has 34 heavy (non-hydrogen) atoms. The summed E-state index contributed by atoms with van der Waals surface area (Å²) in [6.07, 6.45) is 4.59. The Hall–Kier alpha value is -4.04. The number of aromatic amines is 1. The molecule has 0 saturated carbocycles. The van der Waals surface area contributed by atoms with Gasteiger partial charge in [-0.1, -0.05) is 17.7 Å². The SMILES string of the molecule is COc1cc(/C=C/C(=O)c2cnn(-c3cc(=O)[nH]c4ccc(Cl)cc34)c2C)cc(OC)c1OC. The van der Waals surface area contributed by atoms with Crippen LogP contribution in [0.15, 0.2) is 53.5 Å². The molecular weight excluding hydrogens is 458 g/mol. The number of methoxy groups -OCH3 is 3. The minimum absolute atomic E-state index is 0.246. The number of fused-ring (bicyclic) bond motifs is 1. The summed E-state index contributed by atoms with van der Waals surface area (Å²) in [5.41, 5.74) is 2.56. The van der Waals surface area contributed by atoms with Crippen molar-refractivity contribution in [2.45, 2.75) is 6.92 Å². The molecule has 0 bridgehead atoms. The smallest absolute Gasteiger partial charge is 0.250 e. The summed E-state index contributed by atoms with van der Waals surface area (Å²) in [6.45, 7) is 1.77. The van der Waals surface area contributed by atoms with Crippen LogP contribution >= 0.6 is 11.6 Å². The quantitative estimate of drug-likeness (QED) is 0.307. The Morgan fingerprint density at radius 2 is 1.76 bits per heavy atom. The van der Waals surface area contributed by atoms with Gasteiger partial charge in [-0.05, 0) is 48.9 Å². The number of benzene rings is 2. The van der Waals surface area contributed by atoms with Crippen molar-refractivity contribution in [3.8, 4) is 22.9 Å². The van der Waals surface area contributed by atoms with Crippen molar-refractivity contribution < 1.29 is 19.0 Å². The number of hydrogen-bond acceptors (Lipinski definition) is 6. The monoisotopic (exact) mass is 479 g/mol. The van der Waals surface area contributed by atoms with E-state index in [2.05, 4.69) is 10.1 Å². The molecule has 0 unspecified atom stereocenters.